The zero-order chi connectivity index (χ0) is 15.5. The first-order chi connectivity index (χ1) is 10.6. The molecule has 0 aliphatic rings. The van der Waals surface area contributed by atoms with Gasteiger partial charge in [0.15, 0.2) is 0 Å². The van der Waals surface area contributed by atoms with Gasteiger partial charge in [0.25, 0.3) is 5.91 Å². The van der Waals surface area contributed by atoms with Crippen LogP contribution in [0.1, 0.15) is 32.1 Å². The van der Waals surface area contributed by atoms with Crippen LogP contribution < -0.4 is 11.1 Å². The number of nitrogens with one attached hydrogen (secondary N) is 1. The number of aryl methyl sites for hydroxylation is 1. The van der Waals surface area contributed by atoms with Crippen LogP contribution in [-0.2, 0) is 0 Å². The predicted octanol–water partition coefficient (Wildman–Crippen LogP) is 2.40. The van der Waals surface area contributed by atoms with Gasteiger partial charge in [-0.2, -0.15) is 0 Å². The van der Waals surface area contributed by atoms with Crippen LogP contribution >= 0.6 is 22.7 Å². The van der Waals surface area contributed by atoms with E-state index in [-0.39, 0.29) is 5.91 Å². The van der Waals surface area contributed by atoms with E-state index in [1.807, 2.05) is 37.3 Å². The minimum absolute atomic E-state index is 0.244. The highest BCUT2D eigenvalue weighted by molar-refractivity contribution is 7.15. The molecule has 6 nitrogen and oxygen atoms in total. The Labute approximate surface area is 135 Å². The first kappa shape index (κ1) is 14.6. The lowest BCUT2D eigenvalue weighted by Crippen LogP contribution is -2.29. The number of nitrogens with two attached hydrogens (primary N) is 1. The fourth-order valence-electron chi connectivity index (χ4n) is 1.97. The van der Waals surface area contributed by atoms with E-state index in [1.54, 1.807) is 5.38 Å². The SMILES string of the molecule is Cc1nc(C(=O)N[C@@H](c2ccccc2)c2nnc(N)s2)cs1. The molecule has 0 radical (unpaired) electrons. The minimum atomic E-state index is -0.398. The molecular formula is C14H13N5OS2. The van der Waals surface area contributed by atoms with E-state index in [2.05, 4.69) is 20.5 Å². The molecule has 0 fully saturated rings. The molecule has 1 atom stereocenters. The van der Waals surface area contributed by atoms with Crippen molar-refractivity contribution in [3.8, 4) is 0 Å². The molecule has 112 valence electrons. The summed E-state index contributed by atoms with van der Waals surface area (Å²) >= 11 is 2.69. The Kier molecular flexibility index (Phi) is 4.12. The highest BCUT2D eigenvalue weighted by Crippen LogP contribution is 2.26. The number of carbonyl (C=O) groups excluding carboxylic acids is 1. The van der Waals surface area contributed by atoms with Crippen molar-refractivity contribution in [3.05, 3.63) is 57.0 Å². The van der Waals surface area contributed by atoms with Gasteiger partial charge in [-0.3, -0.25) is 4.79 Å². The van der Waals surface area contributed by atoms with Crippen molar-refractivity contribution in [1.82, 2.24) is 20.5 Å². The molecule has 0 aliphatic heterocycles. The highest BCUT2D eigenvalue weighted by atomic mass is 32.1. The van der Waals surface area contributed by atoms with Gasteiger partial charge >= 0.3 is 0 Å². The number of amides is 1. The number of thiazole rings is 1. The van der Waals surface area contributed by atoms with Gasteiger partial charge < -0.3 is 11.1 Å². The van der Waals surface area contributed by atoms with Gasteiger partial charge in [0.2, 0.25) is 5.13 Å². The first-order valence-corrected chi connectivity index (χ1v) is 8.20. The third-order valence-corrected chi connectivity index (χ3v) is 4.55. The molecule has 0 saturated heterocycles. The molecule has 0 spiro atoms. The summed E-state index contributed by atoms with van der Waals surface area (Å²) in [5.74, 6) is -0.244. The number of hydrogen-bond donors (Lipinski definition) is 2. The second kappa shape index (κ2) is 6.20. The Morgan fingerprint density at radius 1 is 1.27 bits per heavy atom. The van der Waals surface area contributed by atoms with E-state index in [9.17, 15) is 4.79 Å². The standard InChI is InChI=1S/C14H13N5OS2/c1-8-16-10(7-21-8)12(20)17-11(9-5-3-2-4-6-9)13-18-19-14(15)22-13/h2-7,11H,1H3,(H2,15,19)(H,17,20)/t11-/m0/s1. The van der Waals surface area contributed by atoms with Crippen molar-refractivity contribution >= 4 is 33.7 Å². The molecule has 2 heterocycles. The largest absolute Gasteiger partial charge is 0.374 e. The average molecular weight is 331 g/mol. The number of hydrogen-bond acceptors (Lipinski definition) is 7. The van der Waals surface area contributed by atoms with Crippen LogP contribution in [0.25, 0.3) is 0 Å². The van der Waals surface area contributed by atoms with Gasteiger partial charge in [-0.15, -0.1) is 21.5 Å². The molecule has 3 rings (SSSR count). The van der Waals surface area contributed by atoms with Gasteiger partial charge in [0, 0.05) is 5.38 Å². The molecule has 3 aromatic rings. The zero-order valence-electron chi connectivity index (χ0n) is 11.7. The summed E-state index contributed by atoms with van der Waals surface area (Å²) in [6.07, 6.45) is 0. The summed E-state index contributed by atoms with van der Waals surface area (Å²) in [5, 5.41) is 14.4. The number of nitrogen functional groups attached to an aromatic ring is 1. The maximum Gasteiger partial charge on any atom is 0.271 e. The average Bonchev–Trinajstić information content (AvgIpc) is 3.14. The van der Waals surface area contributed by atoms with Crippen molar-refractivity contribution < 1.29 is 4.79 Å². The summed E-state index contributed by atoms with van der Waals surface area (Å²) < 4.78 is 0. The highest BCUT2D eigenvalue weighted by Gasteiger charge is 2.22. The number of benzene rings is 1. The van der Waals surface area contributed by atoms with Crippen LogP contribution in [0.3, 0.4) is 0 Å². The fourth-order valence-corrected chi connectivity index (χ4v) is 3.25. The zero-order valence-corrected chi connectivity index (χ0v) is 13.3. The molecule has 0 aliphatic carbocycles. The Morgan fingerprint density at radius 3 is 2.64 bits per heavy atom. The fraction of sp³-hybridized carbons (Fsp3) is 0.143. The van der Waals surface area contributed by atoms with Crippen molar-refractivity contribution in [2.24, 2.45) is 0 Å². The van der Waals surface area contributed by atoms with Crippen LogP contribution in [0, 0.1) is 6.92 Å². The second-order valence-corrected chi connectivity index (χ2v) is 6.65. The van der Waals surface area contributed by atoms with E-state index in [1.165, 1.54) is 22.7 Å². The van der Waals surface area contributed by atoms with Crippen molar-refractivity contribution in [1.29, 1.82) is 0 Å². The molecular weight excluding hydrogens is 318 g/mol. The van der Waals surface area contributed by atoms with E-state index in [0.717, 1.165) is 10.6 Å². The predicted molar refractivity (Wildman–Crippen MR) is 86.9 cm³/mol. The quantitative estimate of drug-likeness (QED) is 0.765. The normalized spacial score (nSPS) is 12.0. The van der Waals surface area contributed by atoms with Crippen LogP contribution in [0.2, 0.25) is 0 Å². The van der Waals surface area contributed by atoms with Crippen LogP contribution in [0.15, 0.2) is 35.7 Å². The Bertz CT molecular complexity index is 783. The van der Waals surface area contributed by atoms with E-state index >= 15 is 0 Å². The summed E-state index contributed by atoms with van der Waals surface area (Å²) in [4.78, 5) is 16.6. The van der Waals surface area contributed by atoms with E-state index in [4.69, 9.17) is 5.73 Å². The molecule has 1 amide bonds. The van der Waals surface area contributed by atoms with Crippen molar-refractivity contribution in [3.63, 3.8) is 0 Å². The van der Waals surface area contributed by atoms with E-state index < -0.39 is 6.04 Å². The third kappa shape index (κ3) is 3.12. The summed E-state index contributed by atoms with van der Waals surface area (Å²) in [5.41, 5.74) is 6.98. The smallest absolute Gasteiger partial charge is 0.271 e. The molecule has 0 unspecified atom stereocenters. The Hall–Kier alpha value is -2.32. The summed E-state index contributed by atoms with van der Waals surface area (Å²) in [6.45, 7) is 1.86. The molecule has 2 aromatic heterocycles. The molecule has 8 heteroatoms. The van der Waals surface area contributed by atoms with Gasteiger partial charge in [-0.1, -0.05) is 41.7 Å². The van der Waals surface area contributed by atoms with Crippen LogP contribution in [0.5, 0.6) is 0 Å². The lowest BCUT2D eigenvalue weighted by Gasteiger charge is -2.15. The molecule has 0 saturated carbocycles. The number of nitrogens with zero attached hydrogens (tertiary/aromatic N) is 3. The van der Waals surface area contributed by atoms with Crippen molar-refractivity contribution in [2.45, 2.75) is 13.0 Å². The summed E-state index contributed by atoms with van der Waals surface area (Å²) in [7, 11) is 0. The van der Waals surface area contributed by atoms with E-state index in [0.29, 0.717) is 15.8 Å². The Morgan fingerprint density at radius 2 is 2.05 bits per heavy atom. The number of rotatable bonds is 4. The van der Waals surface area contributed by atoms with Gasteiger partial charge in [0.1, 0.15) is 16.7 Å². The number of aromatic nitrogens is 3. The van der Waals surface area contributed by atoms with Gasteiger partial charge in [0.05, 0.1) is 5.01 Å². The Balaban J connectivity index is 1.91. The molecule has 3 N–H and O–H groups in total. The van der Waals surface area contributed by atoms with Gasteiger partial charge in [-0.05, 0) is 12.5 Å². The maximum absolute atomic E-state index is 12.4. The number of carbonyl (C=O) groups is 1. The first-order valence-electron chi connectivity index (χ1n) is 6.50. The summed E-state index contributed by atoms with van der Waals surface area (Å²) in [6, 6.07) is 9.19. The lowest BCUT2D eigenvalue weighted by atomic mass is 10.1. The third-order valence-electron chi connectivity index (χ3n) is 2.96. The molecule has 1 aromatic carbocycles. The molecule has 22 heavy (non-hydrogen) atoms. The molecule has 0 bridgehead atoms. The lowest BCUT2D eigenvalue weighted by molar-refractivity contribution is 0.0938. The topological polar surface area (TPSA) is 93.8 Å². The van der Waals surface area contributed by atoms with Crippen LogP contribution in [-0.4, -0.2) is 21.1 Å². The number of anilines is 1. The minimum Gasteiger partial charge on any atom is -0.374 e. The van der Waals surface area contributed by atoms with Crippen LogP contribution in [0.4, 0.5) is 5.13 Å². The second-order valence-electron chi connectivity index (χ2n) is 4.55. The van der Waals surface area contributed by atoms with Gasteiger partial charge in [-0.25, -0.2) is 4.98 Å². The maximum atomic E-state index is 12.4. The monoisotopic (exact) mass is 331 g/mol. The van der Waals surface area contributed by atoms with Crippen molar-refractivity contribution in [2.75, 3.05) is 5.73 Å².